The monoisotopic (exact) mass is 320 g/mol. The molecule has 4 saturated carbocycles. The van der Waals surface area contributed by atoms with E-state index in [0.717, 1.165) is 42.4 Å². The van der Waals surface area contributed by atoms with Crippen molar-refractivity contribution in [1.29, 1.82) is 0 Å². The Morgan fingerprint density at radius 1 is 0.870 bits per heavy atom. The molecule has 0 saturated heterocycles. The van der Waals surface area contributed by atoms with E-state index in [1.54, 1.807) is 0 Å². The molecule has 0 heterocycles. The highest BCUT2D eigenvalue weighted by Gasteiger charge is 2.58. The highest BCUT2D eigenvalue weighted by Crippen LogP contribution is 2.65. The van der Waals surface area contributed by atoms with Gasteiger partial charge in [0.1, 0.15) is 0 Å². The van der Waals surface area contributed by atoms with E-state index < -0.39 is 5.60 Å². The van der Waals surface area contributed by atoms with E-state index in [0.29, 0.717) is 11.3 Å². The van der Waals surface area contributed by atoms with Crippen molar-refractivity contribution < 1.29 is 10.2 Å². The van der Waals surface area contributed by atoms with Gasteiger partial charge in [-0.3, -0.25) is 0 Å². The summed E-state index contributed by atoms with van der Waals surface area (Å²) in [5.41, 5.74) is -0.00963. The van der Waals surface area contributed by atoms with Gasteiger partial charge in [0.2, 0.25) is 0 Å². The van der Waals surface area contributed by atoms with Crippen LogP contribution in [0.1, 0.15) is 78.6 Å². The summed E-state index contributed by atoms with van der Waals surface area (Å²) < 4.78 is 0. The van der Waals surface area contributed by atoms with E-state index in [1.807, 2.05) is 6.92 Å². The quantitative estimate of drug-likeness (QED) is 0.752. The number of fused-ring (bicyclic) bond motifs is 5. The van der Waals surface area contributed by atoms with Crippen LogP contribution in [-0.4, -0.2) is 21.9 Å². The van der Waals surface area contributed by atoms with Gasteiger partial charge in [0.25, 0.3) is 0 Å². The van der Waals surface area contributed by atoms with Crippen molar-refractivity contribution in [3.05, 3.63) is 0 Å². The van der Waals surface area contributed by atoms with Gasteiger partial charge >= 0.3 is 0 Å². The molecule has 0 aliphatic heterocycles. The summed E-state index contributed by atoms with van der Waals surface area (Å²) in [4.78, 5) is 0. The van der Waals surface area contributed by atoms with E-state index in [2.05, 4.69) is 13.8 Å². The van der Waals surface area contributed by atoms with Gasteiger partial charge in [0.15, 0.2) is 0 Å². The third-order valence-electron chi connectivity index (χ3n) is 8.89. The molecule has 4 rings (SSSR count). The van der Waals surface area contributed by atoms with Gasteiger partial charge in [-0.25, -0.2) is 0 Å². The highest BCUT2D eigenvalue weighted by atomic mass is 16.3. The zero-order chi connectivity index (χ0) is 16.4. The molecule has 4 aliphatic rings. The summed E-state index contributed by atoms with van der Waals surface area (Å²) in [6.07, 6.45) is 11.2. The first-order valence-electron chi connectivity index (χ1n) is 10.2. The van der Waals surface area contributed by atoms with Gasteiger partial charge in [-0.2, -0.15) is 0 Å². The Bertz CT molecular complexity index is 457. The molecule has 4 aliphatic carbocycles. The standard InChI is InChI=1S/C21H36O2/c1-13(22)18-6-7-19-17-5-4-14-12-20(2,23)10-8-15(14)16(17)9-11-21(18,19)3/h13-19,22-23H,4-12H2,1-3H3/t13-,14-,15+,16-,17-,18-,19+,20-,21-/m1/s1. The first kappa shape index (κ1) is 16.4. The molecule has 132 valence electrons. The predicted molar refractivity (Wildman–Crippen MR) is 92.9 cm³/mol. The fourth-order valence-corrected chi connectivity index (χ4v) is 7.91. The molecule has 2 heteroatoms. The minimum Gasteiger partial charge on any atom is -0.393 e. The second-order valence-electron chi connectivity index (χ2n) is 10.1. The Balaban J connectivity index is 1.54. The van der Waals surface area contributed by atoms with Gasteiger partial charge in [-0.1, -0.05) is 6.92 Å². The fraction of sp³-hybridized carbons (Fsp3) is 1.00. The van der Waals surface area contributed by atoms with Crippen molar-refractivity contribution in [3.8, 4) is 0 Å². The SMILES string of the molecule is C[C@@H](O)[C@H]1CC[C@H]2[C@@H]3CC[C@@H]4C[C@](C)(O)CC[C@@H]4[C@H]3CC[C@]12C. The van der Waals surface area contributed by atoms with Crippen molar-refractivity contribution >= 4 is 0 Å². The van der Waals surface area contributed by atoms with E-state index in [4.69, 9.17) is 0 Å². The fourth-order valence-electron chi connectivity index (χ4n) is 7.91. The van der Waals surface area contributed by atoms with Crippen molar-refractivity contribution in [2.45, 2.75) is 90.3 Å². The van der Waals surface area contributed by atoms with Crippen LogP contribution in [0.4, 0.5) is 0 Å². The van der Waals surface area contributed by atoms with Gasteiger partial charge in [0, 0.05) is 0 Å². The number of aliphatic hydroxyl groups is 2. The number of rotatable bonds is 1. The minimum atomic E-state index is -0.401. The molecule has 0 aromatic carbocycles. The Morgan fingerprint density at radius 2 is 1.61 bits per heavy atom. The Hall–Kier alpha value is -0.0800. The zero-order valence-electron chi connectivity index (χ0n) is 15.3. The van der Waals surface area contributed by atoms with Crippen LogP contribution < -0.4 is 0 Å². The van der Waals surface area contributed by atoms with Crippen LogP contribution in [0.3, 0.4) is 0 Å². The largest absolute Gasteiger partial charge is 0.393 e. The zero-order valence-corrected chi connectivity index (χ0v) is 15.3. The Labute approximate surface area is 142 Å². The van der Waals surface area contributed by atoms with Crippen LogP contribution in [0.2, 0.25) is 0 Å². The van der Waals surface area contributed by atoms with Crippen LogP contribution in [0.15, 0.2) is 0 Å². The topological polar surface area (TPSA) is 40.5 Å². The number of hydrogen-bond acceptors (Lipinski definition) is 2. The first-order chi connectivity index (χ1) is 10.8. The van der Waals surface area contributed by atoms with Crippen LogP contribution in [-0.2, 0) is 0 Å². The van der Waals surface area contributed by atoms with Crippen molar-refractivity contribution in [1.82, 2.24) is 0 Å². The lowest BCUT2D eigenvalue weighted by atomic mass is 9.49. The van der Waals surface area contributed by atoms with E-state index in [-0.39, 0.29) is 6.10 Å². The smallest absolute Gasteiger partial charge is 0.0622 e. The molecule has 0 radical (unpaired) electrons. The number of hydrogen-bond donors (Lipinski definition) is 2. The maximum atomic E-state index is 10.5. The second-order valence-corrected chi connectivity index (χ2v) is 10.1. The number of aliphatic hydroxyl groups excluding tert-OH is 1. The summed E-state index contributed by atoms with van der Waals surface area (Å²) in [7, 11) is 0. The third kappa shape index (κ3) is 2.51. The predicted octanol–water partition coefficient (Wildman–Crippen LogP) is 4.39. The first-order valence-corrected chi connectivity index (χ1v) is 10.2. The molecular formula is C21H36O2. The minimum absolute atomic E-state index is 0.136. The molecule has 9 atom stereocenters. The average Bonchev–Trinajstić information content (AvgIpc) is 2.83. The lowest BCUT2D eigenvalue weighted by Gasteiger charge is -2.57. The van der Waals surface area contributed by atoms with Crippen molar-refractivity contribution in [2.24, 2.45) is 40.9 Å². The summed E-state index contributed by atoms with van der Waals surface area (Å²) in [6.45, 7) is 6.57. The van der Waals surface area contributed by atoms with Gasteiger partial charge < -0.3 is 10.2 Å². The van der Waals surface area contributed by atoms with Crippen molar-refractivity contribution in [3.63, 3.8) is 0 Å². The molecule has 0 aromatic heterocycles. The lowest BCUT2D eigenvalue weighted by Crippen LogP contribution is -2.51. The summed E-state index contributed by atoms with van der Waals surface area (Å²) in [5.74, 6) is 4.85. The summed E-state index contributed by atoms with van der Waals surface area (Å²) in [5, 5.41) is 20.7. The van der Waals surface area contributed by atoms with E-state index in [1.165, 1.54) is 44.9 Å². The summed E-state index contributed by atoms with van der Waals surface area (Å²) >= 11 is 0. The lowest BCUT2D eigenvalue weighted by molar-refractivity contribution is -0.106. The summed E-state index contributed by atoms with van der Waals surface area (Å²) in [6, 6.07) is 0. The molecule has 0 spiro atoms. The molecule has 2 N–H and O–H groups in total. The van der Waals surface area contributed by atoms with Gasteiger partial charge in [0.05, 0.1) is 11.7 Å². The van der Waals surface area contributed by atoms with Gasteiger partial charge in [-0.15, -0.1) is 0 Å². The molecule has 23 heavy (non-hydrogen) atoms. The average molecular weight is 321 g/mol. The van der Waals surface area contributed by atoms with Crippen LogP contribution >= 0.6 is 0 Å². The van der Waals surface area contributed by atoms with E-state index >= 15 is 0 Å². The van der Waals surface area contributed by atoms with Crippen molar-refractivity contribution in [2.75, 3.05) is 0 Å². The molecule has 0 unspecified atom stereocenters. The molecule has 2 nitrogen and oxygen atoms in total. The maximum Gasteiger partial charge on any atom is 0.0622 e. The van der Waals surface area contributed by atoms with Gasteiger partial charge in [-0.05, 0) is 113 Å². The molecule has 0 amide bonds. The van der Waals surface area contributed by atoms with E-state index in [9.17, 15) is 10.2 Å². The van der Waals surface area contributed by atoms with Crippen LogP contribution in [0.5, 0.6) is 0 Å². The molecule has 4 fully saturated rings. The molecule has 0 bridgehead atoms. The third-order valence-corrected chi connectivity index (χ3v) is 8.89. The maximum absolute atomic E-state index is 10.5. The second kappa shape index (κ2) is 5.46. The Morgan fingerprint density at radius 3 is 2.35 bits per heavy atom. The van der Waals surface area contributed by atoms with Crippen LogP contribution in [0, 0.1) is 40.9 Å². The molecule has 0 aromatic rings. The highest BCUT2D eigenvalue weighted by molar-refractivity contribution is 5.07. The Kier molecular flexibility index (Phi) is 3.89. The normalized spacial score (nSPS) is 57.3. The molecular weight excluding hydrogens is 284 g/mol. The van der Waals surface area contributed by atoms with Crippen LogP contribution in [0.25, 0.3) is 0 Å².